The first-order valence-corrected chi connectivity index (χ1v) is 5.21. The van der Waals surface area contributed by atoms with E-state index in [2.05, 4.69) is 48.8 Å². The summed E-state index contributed by atoms with van der Waals surface area (Å²) in [6.45, 7) is 6.45. The highest BCUT2D eigenvalue weighted by atomic mass is 79.9. The number of halogens is 1. The third-order valence-electron chi connectivity index (χ3n) is 2.14. The van der Waals surface area contributed by atoms with Crippen LogP contribution in [0, 0.1) is 5.41 Å². The Morgan fingerprint density at radius 2 is 1.92 bits per heavy atom. The van der Waals surface area contributed by atoms with Gasteiger partial charge in [0, 0.05) is 10.5 Å². The van der Waals surface area contributed by atoms with Gasteiger partial charge in [-0.2, -0.15) is 0 Å². The van der Waals surface area contributed by atoms with Gasteiger partial charge in [-0.3, -0.25) is 0 Å². The van der Waals surface area contributed by atoms with E-state index in [0.717, 1.165) is 4.47 Å². The van der Waals surface area contributed by atoms with Gasteiger partial charge in [0.25, 0.3) is 0 Å². The van der Waals surface area contributed by atoms with Crippen LogP contribution in [-0.4, -0.2) is 0 Å². The maximum absolute atomic E-state index is 6.12. The van der Waals surface area contributed by atoms with E-state index in [4.69, 9.17) is 5.73 Å². The average molecular weight is 242 g/mol. The van der Waals surface area contributed by atoms with Crippen LogP contribution in [0.3, 0.4) is 0 Å². The van der Waals surface area contributed by atoms with Gasteiger partial charge in [0.05, 0.1) is 0 Å². The Morgan fingerprint density at radius 1 is 1.31 bits per heavy atom. The van der Waals surface area contributed by atoms with Gasteiger partial charge in [-0.15, -0.1) is 0 Å². The van der Waals surface area contributed by atoms with Crippen LogP contribution in [0.2, 0.25) is 0 Å². The quantitative estimate of drug-likeness (QED) is 0.801. The SMILES string of the molecule is CC(C)(C)[C@@H](N)c1cccc(Br)c1. The second kappa shape index (κ2) is 3.81. The Bertz CT molecular complexity index is 288. The van der Waals surface area contributed by atoms with Crippen LogP contribution in [0.1, 0.15) is 32.4 Å². The van der Waals surface area contributed by atoms with Gasteiger partial charge in [0.2, 0.25) is 0 Å². The Morgan fingerprint density at radius 3 is 2.38 bits per heavy atom. The van der Waals surface area contributed by atoms with Crippen LogP contribution in [-0.2, 0) is 0 Å². The Labute approximate surface area is 88.5 Å². The summed E-state index contributed by atoms with van der Waals surface area (Å²) in [6.07, 6.45) is 0. The summed E-state index contributed by atoms with van der Waals surface area (Å²) in [4.78, 5) is 0. The summed E-state index contributed by atoms with van der Waals surface area (Å²) in [5, 5.41) is 0. The minimum absolute atomic E-state index is 0.0880. The molecule has 0 aliphatic heterocycles. The van der Waals surface area contributed by atoms with Crippen molar-refractivity contribution in [3.63, 3.8) is 0 Å². The largest absolute Gasteiger partial charge is 0.324 e. The molecule has 0 saturated carbocycles. The van der Waals surface area contributed by atoms with E-state index < -0.39 is 0 Å². The summed E-state index contributed by atoms with van der Waals surface area (Å²) < 4.78 is 1.09. The van der Waals surface area contributed by atoms with Gasteiger partial charge in [-0.25, -0.2) is 0 Å². The number of hydrogen-bond acceptors (Lipinski definition) is 1. The van der Waals surface area contributed by atoms with Crippen molar-refractivity contribution in [1.82, 2.24) is 0 Å². The Hall–Kier alpha value is -0.340. The molecule has 1 aromatic rings. The molecular weight excluding hydrogens is 226 g/mol. The van der Waals surface area contributed by atoms with Crippen LogP contribution < -0.4 is 5.73 Å². The summed E-state index contributed by atoms with van der Waals surface area (Å²) >= 11 is 3.44. The Balaban J connectivity index is 2.96. The van der Waals surface area contributed by atoms with Crippen LogP contribution in [0.4, 0.5) is 0 Å². The highest BCUT2D eigenvalue weighted by molar-refractivity contribution is 9.10. The minimum Gasteiger partial charge on any atom is -0.324 e. The molecule has 0 spiro atoms. The van der Waals surface area contributed by atoms with E-state index in [1.165, 1.54) is 5.56 Å². The zero-order chi connectivity index (χ0) is 10.1. The molecule has 2 heteroatoms. The third kappa shape index (κ3) is 2.82. The molecule has 0 aliphatic rings. The van der Waals surface area contributed by atoms with Crippen molar-refractivity contribution >= 4 is 15.9 Å². The van der Waals surface area contributed by atoms with Crippen molar-refractivity contribution in [2.24, 2.45) is 11.1 Å². The molecule has 1 rings (SSSR count). The first-order valence-electron chi connectivity index (χ1n) is 4.42. The van der Waals surface area contributed by atoms with Gasteiger partial charge >= 0.3 is 0 Å². The second-order valence-electron chi connectivity index (χ2n) is 4.40. The minimum atomic E-state index is 0.0880. The van der Waals surface area contributed by atoms with E-state index in [1.807, 2.05) is 12.1 Å². The molecule has 0 fully saturated rings. The van der Waals surface area contributed by atoms with Gasteiger partial charge in [-0.05, 0) is 23.1 Å². The summed E-state index contributed by atoms with van der Waals surface area (Å²) in [7, 11) is 0. The van der Waals surface area contributed by atoms with Gasteiger partial charge in [-0.1, -0.05) is 48.8 Å². The van der Waals surface area contributed by atoms with Crippen molar-refractivity contribution in [2.45, 2.75) is 26.8 Å². The smallest absolute Gasteiger partial charge is 0.0344 e. The highest BCUT2D eigenvalue weighted by Crippen LogP contribution is 2.31. The topological polar surface area (TPSA) is 26.0 Å². The molecule has 0 radical (unpaired) electrons. The van der Waals surface area contributed by atoms with E-state index in [-0.39, 0.29) is 11.5 Å². The molecule has 2 N–H and O–H groups in total. The summed E-state index contributed by atoms with van der Waals surface area (Å²) in [6, 6.07) is 8.27. The lowest BCUT2D eigenvalue weighted by Gasteiger charge is -2.27. The molecule has 0 aliphatic carbocycles. The first-order chi connectivity index (χ1) is 5.91. The van der Waals surface area contributed by atoms with E-state index >= 15 is 0 Å². The molecule has 1 atom stereocenters. The van der Waals surface area contributed by atoms with Crippen molar-refractivity contribution in [3.05, 3.63) is 34.3 Å². The van der Waals surface area contributed by atoms with Crippen molar-refractivity contribution < 1.29 is 0 Å². The molecular formula is C11H16BrN. The molecule has 0 saturated heterocycles. The molecule has 1 aromatic carbocycles. The van der Waals surface area contributed by atoms with Crippen LogP contribution >= 0.6 is 15.9 Å². The van der Waals surface area contributed by atoms with Crippen molar-refractivity contribution in [1.29, 1.82) is 0 Å². The molecule has 72 valence electrons. The van der Waals surface area contributed by atoms with Crippen molar-refractivity contribution in [2.75, 3.05) is 0 Å². The number of hydrogen-bond donors (Lipinski definition) is 1. The van der Waals surface area contributed by atoms with Crippen LogP contribution in [0.5, 0.6) is 0 Å². The fourth-order valence-corrected chi connectivity index (χ4v) is 1.62. The molecule has 1 nitrogen and oxygen atoms in total. The zero-order valence-electron chi connectivity index (χ0n) is 8.34. The maximum Gasteiger partial charge on any atom is 0.0344 e. The standard InChI is InChI=1S/C11H16BrN/c1-11(2,3)10(13)8-5-4-6-9(12)7-8/h4-7,10H,13H2,1-3H3/t10-/m0/s1. The molecule has 0 heterocycles. The molecule has 0 unspecified atom stereocenters. The summed E-state index contributed by atoms with van der Waals surface area (Å²) in [5.74, 6) is 0. The van der Waals surface area contributed by atoms with Crippen molar-refractivity contribution in [3.8, 4) is 0 Å². The average Bonchev–Trinajstić information content (AvgIpc) is 2.01. The fraction of sp³-hybridized carbons (Fsp3) is 0.455. The number of benzene rings is 1. The van der Waals surface area contributed by atoms with E-state index in [9.17, 15) is 0 Å². The normalized spacial score (nSPS) is 14.2. The van der Waals surface area contributed by atoms with Gasteiger partial charge < -0.3 is 5.73 Å². The van der Waals surface area contributed by atoms with E-state index in [1.54, 1.807) is 0 Å². The molecule has 0 amide bonds. The second-order valence-corrected chi connectivity index (χ2v) is 5.31. The number of rotatable bonds is 1. The predicted octanol–water partition coefficient (Wildman–Crippen LogP) is 3.50. The lowest BCUT2D eigenvalue weighted by atomic mass is 9.83. The predicted molar refractivity (Wildman–Crippen MR) is 60.5 cm³/mol. The third-order valence-corrected chi connectivity index (χ3v) is 2.63. The Kier molecular flexibility index (Phi) is 3.14. The maximum atomic E-state index is 6.12. The molecule has 0 aromatic heterocycles. The lowest BCUT2D eigenvalue weighted by Crippen LogP contribution is -2.26. The van der Waals surface area contributed by atoms with Crippen LogP contribution in [0.15, 0.2) is 28.7 Å². The van der Waals surface area contributed by atoms with Gasteiger partial charge in [0.1, 0.15) is 0 Å². The van der Waals surface area contributed by atoms with E-state index in [0.29, 0.717) is 0 Å². The molecule has 0 bridgehead atoms. The summed E-state index contributed by atoms with van der Waals surface area (Å²) in [5.41, 5.74) is 7.41. The van der Waals surface area contributed by atoms with Crippen LogP contribution in [0.25, 0.3) is 0 Å². The fourth-order valence-electron chi connectivity index (χ4n) is 1.20. The first kappa shape index (κ1) is 10.7. The lowest BCUT2D eigenvalue weighted by molar-refractivity contribution is 0.327. The monoisotopic (exact) mass is 241 g/mol. The zero-order valence-corrected chi connectivity index (χ0v) is 9.93. The molecule has 13 heavy (non-hydrogen) atoms. The highest BCUT2D eigenvalue weighted by Gasteiger charge is 2.21. The van der Waals surface area contributed by atoms with Gasteiger partial charge in [0.15, 0.2) is 0 Å². The number of nitrogens with two attached hydrogens (primary N) is 1.